The van der Waals surface area contributed by atoms with Crippen molar-refractivity contribution in [1.29, 1.82) is 0 Å². The summed E-state index contributed by atoms with van der Waals surface area (Å²) in [6.45, 7) is 6.93. The molecule has 1 aromatic carbocycles. The van der Waals surface area contributed by atoms with Crippen molar-refractivity contribution in [2.45, 2.75) is 32.6 Å². The molecular weight excluding hydrogens is 244 g/mol. The van der Waals surface area contributed by atoms with Crippen LogP contribution in [0.2, 0.25) is 0 Å². The van der Waals surface area contributed by atoms with Gasteiger partial charge in [-0.25, -0.2) is 0 Å². The van der Waals surface area contributed by atoms with Gasteiger partial charge >= 0.3 is 0 Å². The van der Waals surface area contributed by atoms with Crippen LogP contribution in [0.25, 0.3) is 10.9 Å². The van der Waals surface area contributed by atoms with Crippen molar-refractivity contribution in [3.8, 4) is 0 Å². The highest BCUT2D eigenvalue weighted by Crippen LogP contribution is 2.36. The van der Waals surface area contributed by atoms with E-state index in [1.807, 2.05) is 12.3 Å². The van der Waals surface area contributed by atoms with Gasteiger partial charge in [0.15, 0.2) is 0 Å². The van der Waals surface area contributed by atoms with Gasteiger partial charge in [0.2, 0.25) is 0 Å². The molecule has 1 N–H and O–H groups in total. The fourth-order valence-electron chi connectivity index (χ4n) is 3.61. The van der Waals surface area contributed by atoms with E-state index in [4.69, 9.17) is 0 Å². The summed E-state index contributed by atoms with van der Waals surface area (Å²) in [4.78, 5) is 4.65. The van der Waals surface area contributed by atoms with Crippen molar-refractivity contribution < 1.29 is 0 Å². The van der Waals surface area contributed by atoms with Gasteiger partial charge in [-0.15, -0.1) is 0 Å². The lowest BCUT2D eigenvalue weighted by Crippen LogP contribution is -2.36. The summed E-state index contributed by atoms with van der Waals surface area (Å²) in [6.07, 6.45) is 4.44. The van der Waals surface area contributed by atoms with Crippen LogP contribution in [0.4, 0.5) is 0 Å². The number of nitrogens with zero attached hydrogens (tertiary/aromatic N) is 1. The Bertz CT molecular complexity index is 571. The molecule has 0 amide bonds. The summed E-state index contributed by atoms with van der Waals surface area (Å²) >= 11 is 0. The van der Waals surface area contributed by atoms with E-state index in [0.29, 0.717) is 5.92 Å². The van der Waals surface area contributed by atoms with Gasteiger partial charge in [-0.05, 0) is 55.3 Å². The third-order valence-electron chi connectivity index (χ3n) is 4.45. The number of hydrogen-bond donors (Lipinski definition) is 1. The first-order chi connectivity index (χ1) is 9.75. The summed E-state index contributed by atoms with van der Waals surface area (Å²) in [6, 6.07) is 10.8. The first-order valence-corrected chi connectivity index (χ1v) is 7.80. The van der Waals surface area contributed by atoms with Crippen LogP contribution in [0.15, 0.2) is 36.5 Å². The fourth-order valence-corrected chi connectivity index (χ4v) is 3.61. The Kier molecular flexibility index (Phi) is 4.02. The molecule has 2 heteroatoms. The van der Waals surface area contributed by atoms with Crippen LogP contribution >= 0.6 is 0 Å². The Morgan fingerprint density at radius 2 is 2.10 bits per heavy atom. The zero-order chi connectivity index (χ0) is 13.9. The lowest BCUT2D eigenvalue weighted by Gasteiger charge is -2.34. The van der Waals surface area contributed by atoms with Crippen LogP contribution in [0.3, 0.4) is 0 Å². The molecule has 0 spiro atoms. The number of fused-ring (bicyclic) bond motifs is 1. The van der Waals surface area contributed by atoms with E-state index in [0.717, 1.165) is 24.9 Å². The van der Waals surface area contributed by atoms with Crippen molar-refractivity contribution >= 4 is 10.9 Å². The molecule has 1 aliphatic heterocycles. The van der Waals surface area contributed by atoms with Gasteiger partial charge in [-0.3, -0.25) is 4.98 Å². The quantitative estimate of drug-likeness (QED) is 0.911. The molecule has 2 atom stereocenters. The van der Waals surface area contributed by atoms with E-state index < -0.39 is 0 Å². The van der Waals surface area contributed by atoms with E-state index in [-0.39, 0.29) is 0 Å². The lowest BCUT2D eigenvalue weighted by atomic mass is 9.76. The standard InChI is InChI=1S/C18H24N2/c1-13(2)11-15-12-19-10-8-16(15)17-7-3-5-14-6-4-9-20-18(14)17/h3-7,9,13,15-16,19H,8,10-12H2,1-2H3. The predicted molar refractivity (Wildman–Crippen MR) is 84.9 cm³/mol. The average molecular weight is 268 g/mol. The predicted octanol–water partition coefficient (Wildman–Crippen LogP) is 3.97. The summed E-state index contributed by atoms with van der Waals surface area (Å²) in [5.41, 5.74) is 2.66. The summed E-state index contributed by atoms with van der Waals surface area (Å²) in [5, 5.41) is 4.84. The maximum atomic E-state index is 4.65. The average Bonchev–Trinajstić information content (AvgIpc) is 2.47. The highest BCUT2D eigenvalue weighted by Gasteiger charge is 2.28. The van der Waals surface area contributed by atoms with Crippen LogP contribution in [0.5, 0.6) is 0 Å². The van der Waals surface area contributed by atoms with E-state index in [2.05, 4.69) is 48.4 Å². The van der Waals surface area contributed by atoms with Crippen molar-refractivity contribution in [3.63, 3.8) is 0 Å². The van der Waals surface area contributed by atoms with Gasteiger partial charge in [-0.2, -0.15) is 0 Å². The van der Waals surface area contributed by atoms with Gasteiger partial charge in [0.25, 0.3) is 0 Å². The molecule has 1 aliphatic rings. The number of piperidine rings is 1. The maximum Gasteiger partial charge on any atom is 0.0736 e. The molecule has 2 unspecified atom stereocenters. The molecule has 2 aromatic rings. The number of hydrogen-bond acceptors (Lipinski definition) is 2. The van der Waals surface area contributed by atoms with Crippen molar-refractivity contribution in [1.82, 2.24) is 10.3 Å². The van der Waals surface area contributed by atoms with Crippen LogP contribution in [-0.4, -0.2) is 18.1 Å². The normalized spacial score (nSPS) is 23.4. The van der Waals surface area contributed by atoms with Crippen molar-refractivity contribution in [2.75, 3.05) is 13.1 Å². The molecule has 0 aliphatic carbocycles. The minimum Gasteiger partial charge on any atom is -0.316 e. The summed E-state index contributed by atoms with van der Waals surface area (Å²) in [5.74, 6) is 2.14. The molecule has 0 saturated carbocycles. The first kappa shape index (κ1) is 13.6. The maximum absolute atomic E-state index is 4.65. The summed E-state index contributed by atoms with van der Waals surface area (Å²) in [7, 11) is 0. The second kappa shape index (κ2) is 5.92. The molecule has 1 saturated heterocycles. The SMILES string of the molecule is CC(C)CC1CNCCC1c1cccc2cccnc12. The highest BCUT2D eigenvalue weighted by molar-refractivity contribution is 5.82. The molecule has 3 rings (SSSR count). The van der Waals surface area contributed by atoms with Gasteiger partial charge in [0.1, 0.15) is 0 Å². The van der Waals surface area contributed by atoms with Gasteiger partial charge < -0.3 is 5.32 Å². The number of rotatable bonds is 3. The highest BCUT2D eigenvalue weighted by atomic mass is 14.9. The Balaban J connectivity index is 1.99. The molecular formula is C18H24N2. The fraction of sp³-hybridized carbons (Fsp3) is 0.500. The largest absolute Gasteiger partial charge is 0.316 e. The van der Waals surface area contributed by atoms with Crippen molar-refractivity contribution in [2.24, 2.45) is 11.8 Å². The minimum atomic E-state index is 0.650. The van der Waals surface area contributed by atoms with Crippen molar-refractivity contribution in [3.05, 3.63) is 42.1 Å². The molecule has 2 nitrogen and oxygen atoms in total. The molecule has 0 bridgehead atoms. The Labute approximate surface area is 121 Å². The van der Waals surface area contributed by atoms with Crippen LogP contribution in [0, 0.1) is 11.8 Å². The molecule has 106 valence electrons. The summed E-state index contributed by atoms with van der Waals surface area (Å²) < 4.78 is 0. The third kappa shape index (κ3) is 2.71. The number of pyridine rings is 1. The van der Waals surface area contributed by atoms with Gasteiger partial charge in [0, 0.05) is 11.6 Å². The van der Waals surface area contributed by atoms with Gasteiger partial charge in [0.05, 0.1) is 5.52 Å². The number of nitrogens with one attached hydrogen (secondary N) is 1. The monoisotopic (exact) mass is 268 g/mol. The number of para-hydroxylation sites is 1. The van der Waals surface area contributed by atoms with Crippen LogP contribution in [0.1, 0.15) is 38.2 Å². The lowest BCUT2D eigenvalue weighted by molar-refractivity contribution is 0.281. The van der Waals surface area contributed by atoms with E-state index in [1.165, 1.54) is 29.3 Å². The van der Waals surface area contributed by atoms with Crippen LogP contribution < -0.4 is 5.32 Å². The third-order valence-corrected chi connectivity index (χ3v) is 4.45. The van der Waals surface area contributed by atoms with E-state index >= 15 is 0 Å². The topological polar surface area (TPSA) is 24.9 Å². The zero-order valence-corrected chi connectivity index (χ0v) is 12.5. The smallest absolute Gasteiger partial charge is 0.0736 e. The molecule has 1 aromatic heterocycles. The Hall–Kier alpha value is -1.41. The zero-order valence-electron chi connectivity index (χ0n) is 12.5. The molecule has 0 radical (unpaired) electrons. The van der Waals surface area contributed by atoms with Crippen LogP contribution in [-0.2, 0) is 0 Å². The second-order valence-electron chi connectivity index (χ2n) is 6.41. The van der Waals surface area contributed by atoms with E-state index in [9.17, 15) is 0 Å². The second-order valence-corrected chi connectivity index (χ2v) is 6.41. The van der Waals surface area contributed by atoms with Gasteiger partial charge in [-0.1, -0.05) is 38.1 Å². The van der Waals surface area contributed by atoms with E-state index in [1.54, 1.807) is 0 Å². The number of benzene rings is 1. The minimum absolute atomic E-state index is 0.650. The first-order valence-electron chi connectivity index (χ1n) is 7.80. The molecule has 2 heterocycles. The molecule has 20 heavy (non-hydrogen) atoms. The Morgan fingerprint density at radius 1 is 1.25 bits per heavy atom. The molecule has 1 fully saturated rings. The Morgan fingerprint density at radius 3 is 2.95 bits per heavy atom. The number of aromatic nitrogens is 1.